The Balaban J connectivity index is 2.75. The van der Waals surface area contributed by atoms with Crippen LogP contribution in [0.2, 0.25) is 0 Å². The highest BCUT2D eigenvalue weighted by molar-refractivity contribution is 8.14. The summed E-state index contributed by atoms with van der Waals surface area (Å²) in [6, 6.07) is 6.76. The van der Waals surface area contributed by atoms with Crippen molar-refractivity contribution in [1.82, 2.24) is 4.57 Å². The smallest absolute Gasteiger partial charge is 0.263 e. The number of benzene rings is 1. The van der Waals surface area contributed by atoms with Gasteiger partial charge in [0.25, 0.3) is 9.05 Å². The SMILES string of the molecule is NC(=O)Cn1cc(S(=O)(=O)Cl)c2ccccc21. The van der Waals surface area contributed by atoms with E-state index in [1.54, 1.807) is 24.3 Å². The van der Waals surface area contributed by atoms with Crippen LogP contribution in [0.4, 0.5) is 0 Å². The monoisotopic (exact) mass is 272 g/mol. The molecular weight excluding hydrogens is 264 g/mol. The van der Waals surface area contributed by atoms with Crippen LogP contribution in [-0.2, 0) is 20.4 Å². The van der Waals surface area contributed by atoms with Crippen LogP contribution in [0.1, 0.15) is 0 Å². The predicted octanol–water partition coefficient (Wildman–Crippen LogP) is 1.05. The van der Waals surface area contributed by atoms with Gasteiger partial charge in [0.2, 0.25) is 5.91 Å². The highest BCUT2D eigenvalue weighted by atomic mass is 35.7. The fraction of sp³-hybridized carbons (Fsp3) is 0.100. The first-order valence-electron chi connectivity index (χ1n) is 4.70. The highest BCUT2D eigenvalue weighted by Gasteiger charge is 2.18. The minimum Gasteiger partial charge on any atom is -0.368 e. The third-order valence-corrected chi connectivity index (χ3v) is 3.69. The number of carbonyl (C=O) groups is 1. The fourth-order valence-electron chi connectivity index (χ4n) is 1.71. The molecule has 0 bridgehead atoms. The number of halogens is 1. The number of carbonyl (C=O) groups excluding carboxylic acids is 1. The Morgan fingerprint density at radius 2 is 2.00 bits per heavy atom. The van der Waals surface area contributed by atoms with Crippen molar-refractivity contribution < 1.29 is 13.2 Å². The maximum Gasteiger partial charge on any atom is 0.263 e. The Morgan fingerprint density at radius 3 is 2.59 bits per heavy atom. The number of primary amides is 1. The molecule has 2 aromatic rings. The summed E-state index contributed by atoms with van der Waals surface area (Å²) < 4.78 is 24.2. The number of rotatable bonds is 3. The molecule has 0 aliphatic heterocycles. The Kier molecular flexibility index (Phi) is 2.84. The van der Waals surface area contributed by atoms with E-state index in [2.05, 4.69) is 0 Å². The number of hydrogen-bond donors (Lipinski definition) is 1. The lowest BCUT2D eigenvalue weighted by Gasteiger charge is -2.00. The lowest BCUT2D eigenvalue weighted by molar-refractivity contribution is -0.118. The molecule has 0 fully saturated rings. The van der Waals surface area contributed by atoms with Crippen LogP contribution in [0.15, 0.2) is 35.4 Å². The van der Waals surface area contributed by atoms with Gasteiger partial charge in [-0.05, 0) is 6.07 Å². The van der Waals surface area contributed by atoms with Gasteiger partial charge in [0.15, 0.2) is 0 Å². The van der Waals surface area contributed by atoms with Gasteiger partial charge in [-0.3, -0.25) is 4.79 Å². The first kappa shape index (κ1) is 11.9. The number of aromatic nitrogens is 1. The number of para-hydroxylation sites is 1. The van der Waals surface area contributed by atoms with E-state index in [1.165, 1.54) is 10.8 Å². The number of fused-ring (bicyclic) bond motifs is 1. The molecule has 0 atom stereocenters. The van der Waals surface area contributed by atoms with Gasteiger partial charge in [0.05, 0.1) is 0 Å². The third kappa shape index (κ3) is 2.27. The largest absolute Gasteiger partial charge is 0.368 e. The van der Waals surface area contributed by atoms with Crippen LogP contribution >= 0.6 is 10.7 Å². The second-order valence-corrected chi connectivity index (χ2v) is 6.08. The van der Waals surface area contributed by atoms with E-state index >= 15 is 0 Å². The van der Waals surface area contributed by atoms with E-state index in [0.717, 1.165) is 0 Å². The average Bonchev–Trinajstić information content (AvgIpc) is 2.56. The minimum atomic E-state index is -3.85. The summed E-state index contributed by atoms with van der Waals surface area (Å²) in [6.45, 7) is -0.0904. The molecule has 0 spiro atoms. The van der Waals surface area contributed by atoms with E-state index in [9.17, 15) is 13.2 Å². The topological polar surface area (TPSA) is 82.2 Å². The van der Waals surface area contributed by atoms with E-state index in [0.29, 0.717) is 10.9 Å². The number of nitrogens with two attached hydrogens (primary N) is 1. The lowest BCUT2D eigenvalue weighted by Crippen LogP contribution is -2.17. The van der Waals surface area contributed by atoms with Gasteiger partial charge in [-0.15, -0.1) is 0 Å². The van der Waals surface area contributed by atoms with E-state index < -0.39 is 15.0 Å². The maximum absolute atomic E-state index is 11.4. The van der Waals surface area contributed by atoms with Crippen LogP contribution in [0.5, 0.6) is 0 Å². The van der Waals surface area contributed by atoms with Crippen molar-refractivity contribution in [2.75, 3.05) is 0 Å². The zero-order chi connectivity index (χ0) is 12.6. The average molecular weight is 273 g/mol. The van der Waals surface area contributed by atoms with Crippen LogP contribution in [-0.4, -0.2) is 18.9 Å². The van der Waals surface area contributed by atoms with E-state index in [1.807, 2.05) is 0 Å². The molecule has 90 valence electrons. The molecule has 2 N–H and O–H groups in total. The predicted molar refractivity (Wildman–Crippen MR) is 64.2 cm³/mol. The molecular formula is C10H9ClN2O3S. The summed E-state index contributed by atoms with van der Waals surface area (Å²) in [6.07, 6.45) is 1.32. The quantitative estimate of drug-likeness (QED) is 0.848. The van der Waals surface area contributed by atoms with Crippen molar-refractivity contribution in [3.05, 3.63) is 30.5 Å². The zero-order valence-corrected chi connectivity index (χ0v) is 10.2. The van der Waals surface area contributed by atoms with E-state index in [4.69, 9.17) is 16.4 Å². The molecule has 1 amide bonds. The van der Waals surface area contributed by atoms with Crippen LogP contribution in [0, 0.1) is 0 Å². The maximum atomic E-state index is 11.4. The number of nitrogens with zero attached hydrogens (tertiary/aromatic N) is 1. The summed E-state index contributed by atoms with van der Waals surface area (Å²) in [5.41, 5.74) is 5.69. The second kappa shape index (κ2) is 4.05. The first-order chi connectivity index (χ1) is 7.89. The molecule has 1 aromatic heterocycles. The lowest BCUT2D eigenvalue weighted by atomic mass is 10.2. The third-order valence-electron chi connectivity index (χ3n) is 2.34. The summed E-state index contributed by atoms with van der Waals surface area (Å²) in [5, 5.41) is 0.476. The standard InChI is InChI=1S/C10H9ClN2O3S/c11-17(15,16)9-5-13(6-10(12)14)8-4-2-1-3-7(8)9/h1-5H,6H2,(H2,12,14). The second-order valence-electron chi connectivity index (χ2n) is 3.54. The van der Waals surface area contributed by atoms with Crippen molar-refractivity contribution in [3.63, 3.8) is 0 Å². The first-order valence-corrected chi connectivity index (χ1v) is 7.01. The molecule has 5 nitrogen and oxygen atoms in total. The van der Waals surface area contributed by atoms with Gasteiger partial charge in [-0.1, -0.05) is 18.2 Å². The molecule has 17 heavy (non-hydrogen) atoms. The molecule has 2 rings (SSSR count). The summed E-state index contributed by atoms with van der Waals surface area (Å²) in [4.78, 5) is 10.9. The Bertz CT molecular complexity index is 691. The Morgan fingerprint density at radius 1 is 1.35 bits per heavy atom. The molecule has 0 saturated heterocycles. The van der Waals surface area contributed by atoms with Gasteiger partial charge in [0, 0.05) is 27.8 Å². The molecule has 0 radical (unpaired) electrons. The highest BCUT2D eigenvalue weighted by Crippen LogP contribution is 2.27. The fourth-order valence-corrected chi connectivity index (χ4v) is 2.76. The normalized spacial score (nSPS) is 11.8. The Hall–Kier alpha value is -1.53. The van der Waals surface area contributed by atoms with Gasteiger partial charge in [0.1, 0.15) is 11.4 Å². The summed E-state index contributed by atoms with van der Waals surface area (Å²) in [7, 11) is 1.49. The van der Waals surface area contributed by atoms with Crippen molar-refractivity contribution >= 4 is 36.5 Å². The molecule has 7 heteroatoms. The molecule has 0 aliphatic carbocycles. The van der Waals surface area contributed by atoms with Gasteiger partial charge >= 0.3 is 0 Å². The molecule has 0 saturated carbocycles. The molecule has 1 heterocycles. The molecule has 0 aliphatic rings. The number of amides is 1. The zero-order valence-electron chi connectivity index (χ0n) is 8.63. The van der Waals surface area contributed by atoms with Gasteiger partial charge in [-0.2, -0.15) is 0 Å². The van der Waals surface area contributed by atoms with Crippen LogP contribution < -0.4 is 5.73 Å². The van der Waals surface area contributed by atoms with Crippen LogP contribution in [0.3, 0.4) is 0 Å². The van der Waals surface area contributed by atoms with Crippen molar-refractivity contribution in [2.45, 2.75) is 11.4 Å². The molecule has 1 aromatic carbocycles. The minimum absolute atomic E-state index is 0.0176. The Labute approximate surface area is 102 Å². The van der Waals surface area contributed by atoms with Crippen molar-refractivity contribution in [3.8, 4) is 0 Å². The van der Waals surface area contributed by atoms with Crippen molar-refractivity contribution in [1.29, 1.82) is 0 Å². The summed E-state index contributed by atoms with van der Waals surface area (Å²) in [5.74, 6) is -0.552. The number of hydrogen-bond acceptors (Lipinski definition) is 3. The summed E-state index contributed by atoms with van der Waals surface area (Å²) >= 11 is 0. The molecule has 0 unspecified atom stereocenters. The van der Waals surface area contributed by atoms with Crippen molar-refractivity contribution in [2.24, 2.45) is 5.73 Å². The van der Waals surface area contributed by atoms with E-state index in [-0.39, 0.29) is 11.4 Å². The van der Waals surface area contributed by atoms with Crippen LogP contribution in [0.25, 0.3) is 10.9 Å². The van der Waals surface area contributed by atoms with Gasteiger partial charge in [-0.25, -0.2) is 8.42 Å². The van der Waals surface area contributed by atoms with Gasteiger partial charge < -0.3 is 10.3 Å².